The van der Waals surface area contributed by atoms with Gasteiger partial charge in [0.15, 0.2) is 0 Å². The first-order valence-corrected chi connectivity index (χ1v) is 14.1. The summed E-state index contributed by atoms with van der Waals surface area (Å²) in [5, 5.41) is 8.72. The second-order valence-corrected chi connectivity index (χ2v) is 10.7. The van der Waals surface area contributed by atoms with Gasteiger partial charge in [-0.2, -0.15) is 0 Å². The van der Waals surface area contributed by atoms with E-state index < -0.39 is 17.6 Å². The average Bonchev–Trinajstić information content (AvgIpc) is 2.96. The lowest BCUT2D eigenvalue weighted by Crippen LogP contribution is -2.30. The van der Waals surface area contributed by atoms with E-state index in [0.29, 0.717) is 22.0 Å². The monoisotopic (exact) mass is 607 g/mol. The van der Waals surface area contributed by atoms with Gasteiger partial charge in [0.25, 0.3) is 11.8 Å². The molecule has 208 valence electrons. The molecule has 4 aromatic rings. The molecule has 0 unspecified atom stereocenters. The van der Waals surface area contributed by atoms with Crippen LogP contribution in [0.15, 0.2) is 102 Å². The van der Waals surface area contributed by atoms with Crippen molar-refractivity contribution < 1.29 is 18.8 Å². The van der Waals surface area contributed by atoms with Crippen molar-refractivity contribution in [3.63, 3.8) is 0 Å². The highest BCUT2D eigenvalue weighted by molar-refractivity contribution is 8.00. The molecule has 0 saturated carbocycles. The van der Waals surface area contributed by atoms with Crippen molar-refractivity contribution in [2.45, 2.75) is 11.8 Å². The quantitative estimate of drug-likeness (QED) is 0.135. The summed E-state index contributed by atoms with van der Waals surface area (Å²) in [7, 11) is 0. The zero-order chi connectivity index (χ0) is 29.4. The predicted molar refractivity (Wildman–Crippen MR) is 164 cm³/mol. The summed E-state index contributed by atoms with van der Waals surface area (Å²) in [4.78, 5) is 39.3. The Bertz CT molecular complexity index is 1610. The minimum absolute atomic E-state index is 0.0436. The maximum Gasteiger partial charge on any atom is 0.272 e. The molecule has 0 saturated heterocycles. The molecule has 0 heterocycles. The number of rotatable bonds is 9. The first-order valence-electron chi connectivity index (χ1n) is 12.3. The molecule has 0 aromatic heterocycles. The highest BCUT2D eigenvalue weighted by Gasteiger charge is 2.17. The van der Waals surface area contributed by atoms with Crippen molar-refractivity contribution in [1.82, 2.24) is 5.32 Å². The Morgan fingerprint density at radius 3 is 2.29 bits per heavy atom. The SMILES string of the molecule is Cc1ccc(NC(=O)CSc2cccc(NC(=O)/C(=C\c3c(F)cccc3Cl)NC(=O)c3ccccc3)c2)cc1Cl. The first kappa shape index (κ1) is 29.9. The number of amides is 3. The Labute approximate surface area is 250 Å². The molecule has 0 bridgehead atoms. The minimum Gasteiger partial charge on any atom is -0.325 e. The topological polar surface area (TPSA) is 87.3 Å². The van der Waals surface area contributed by atoms with Crippen molar-refractivity contribution in [2.24, 2.45) is 0 Å². The molecule has 41 heavy (non-hydrogen) atoms. The molecular formula is C31H24Cl2FN3O3S. The number of carbonyl (C=O) groups is 3. The third-order valence-corrected chi connectivity index (χ3v) is 7.47. The van der Waals surface area contributed by atoms with E-state index >= 15 is 0 Å². The van der Waals surface area contributed by atoms with Gasteiger partial charge in [-0.1, -0.05) is 59.6 Å². The molecule has 0 radical (unpaired) electrons. The van der Waals surface area contributed by atoms with Gasteiger partial charge >= 0.3 is 0 Å². The van der Waals surface area contributed by atoms with Crippen LogP contribution in [0.5, 0.6) is 0 Å². The Hall–Kier alpha value is -4.11. The van der Waals surface area contributed by atoms with Crippen molar-refractivity contribution in [3.8, 4) is 0 Å². The molecule has 0 fully saturated rings. The van der Waals surface area contributed by atoms with E-state index in [0.717, 1.165) is 10.5 Å². The zero-order valence-corrected chi connectivity index (χ0v) is 24.0. The van der Waals surface area contributed by atoms with Gasteiger partial charge in [0.2, 0.25) is 5.91 Å². The van der Waals surface area contributed by atoms with E-state index in [2.05, 4.69) is 16.0 Å². The number of benzene rings is 4. The highest BCUT2D eigenvalue weighted by atomic mass is 35.5. The summed E-state index contributed by atoms with van der Waals surface area (Å²) in [6.07, 6.45) is 1.19. The van der Waals surface area contributed by atoms with Crippen LogP contribution in [0.1, 0.15) is 21.5 Å². The van der Waals surface area contributed by atoms with Crippen LogP contribution in [0.2, 0.25) is 10.0 Å². The van der Waals surface area contributed by atoms with E-state index in [1.165, 1.54) is 36.0 Å². The number of thioether (sulfide) groups is 1. The van der Waals surface area contributed by atoms with E-state index in [1.54, 1.807) is 66.7 Å². The number of hydrogen-bond donors (Lipinski definition) is 3. The molecule has 3 amide bonds. The summed E-state index contributed by atoms with van der Waals surface area (Å²) < 4.78 is 14.5. The Balaban J connectivity index is 1.48. The number of nitrogens with one attached hydrogen (secondary N) is 3. The van der Waals surface area contributed by atoms with Gasteiger partial charge in [-0.05, 0) is 73.2 Å². The molecule has 10 heteroatoms. The highest BCUT2D eigenvalue weighted by Crippen LogP contribution is 2.25. The van der Waals surface area contributed by atoms with Gasteiger partial charge in [-0.25, -0.2) is 4.39 Å². The lowest BCUT2D eigenvalue weighted by molar-refractivity contribution is -0.114. The van der Waals surface area contributed by atoms with Gasteiger partial charge in [0.05, 0.1) is 10.8 Å². The molecule has 0 aliphatic heterocycles. The molecule has 0 aliphatic rings. The zero-order valence-electron chi connectivity index (χ0n) is 21.7. The lowest BCUT2D eigenvalue weighted by atomic mass is 10.1. The van der Waals surface area contributed by atoms with Crippen LogP contribution in [-0.4, -0.2) is 23.5 Å². The summed E-state index contributed by atoms with van der Waals surface area (Å²) in [5.74, 6) is -2.00. The molecule has 0 atom stereocenters. The molecule has 4 rings (SSSR count). The van der Waals surface area contributed by atoms with Crippen LogP contribution in [-0.2, 0) is 9.59 Å². The third kappa shape index (κ3) is 8.44. The normalized spacial score (nSPS) is 11.1. The molecule has 6 nitrogen and oxygen atoms in total. The summed E-state index contributed by atoms with van der Waals surface area (Å²) >= 11 is 13.6. The fourth-order valence-corrected chi connectivity index (χ4v) is 4.77. The lowest BCUT2D eigenvalue weighted by Gasteiger charge is -2.13. The second-order valence-electron chi connectivity index (χ2n) is 8.80. The Morgan fingerprint density at radius 2 is 1.56 bits per heavy atom. The molecule has 0 spiro atoms. The van der Waals surface area contributed by atoms with E-state index in [1.807, 2.05) is 13.0 Å². The largest absolute Gasteiger partial charge is 0.325 e. The third-order valence-electron chi connectivity index (χ3n) is 5.73. The Kier molecular flexibility index (Phi) is 10.2. The maximum absolute atomic E-state index is 14.5. The van der Waals surface area contributed by atoms with Crippen LogP contribution in [0.4, 0.5) is 15.8 Å². The number of hydrogen-bond acceptors (Lipinski definition) is 4. The van der Waals surface area contributed by atoms with Crippen molar-refractivity contribution in [3.05, 3.63) is 129 Å². The number of anilines is 2. The standard InChI is InChI=1S/C31H24Cl2FN3O3S/c1-19-13-14-22(16-26(19)33)35-29(38)18-41-23-10-5-9-21(15-23)36-31(40)28(17-24-25(32)11-6-12-27(24)34)37-30(39)20-7-3-2-4-8-20/h2-17H,18H2,1H3,(H,35,38)(H,36,40)(H,37,39)/b28-17+. The van der Waals surface area contributed by atoms with Crippen LogP contribution < -0.4 is 16.0 Å². The van der Waals surface area contributed by atoms with Crippen molar-refractivity contribution in [1.29, 1.82) is 0 Å². The van der Waals surface area contributed by atoms with E-state index in [4.69, 9.17) is 23.2 Å². The number of aryl methyl sites for hydroxylation is 1. The predicted octanol–water partition coefficient (Wildman–Crippen LogP) is 7.58. The van der Waals surface area contributed by atoms with Gasteiger partial charge in [-0.3, -0.25) is 14.4 Å². The molecule has 0 aliphatic carbocycles. The Morgan fingerprint density at radius 1 is 0.829 bits per heavy atom. The van der Waals surface area contributed by atoms with Crippen molar-refractivity contribution in [2.75, 3.05) is 16.4 Å². The summed E-state index contributed by atoms with van der Waals surface area (Å²) in [6, 6.07) is 24.6. The van der Waals surface area contributed by atoms with Crippen LogP contribution in [0.3, 0.4) is 0 Å². The number of halogens is 3. The van der Waals surface area contributed by atoms with Crippen LogP contribution in [0.25, 0.3) is 6.08 Å². The molecular weight excluding hydrogens is 584 g/mol. The van der Waals surface area contributed by atoms with Gasteiger partial charge < -0.3 is 16.0 Å². The smallest absolute Gasteiger partial charge is 0.272 e. The van der Waals surface area contributed by atoms with Crippen molar-refractivity contribution >= 4 is 70.1 Å². The fraction of sp³-hybridized carbons (Fsp3) is 0.0645. The van der Waals surface area contributed by atoms with Crippen LogP contribution >= 0.6 is 35.0 Å². The van der Waals surface area contributed by atoms with E-state index in [9.17, 15) is 18.8 Å². The molecule has 3 N–H and O–H groups in total. The first-order chi connectivity index (χ1) is 19.7. The van der Waals surface area contributed by atoms with Gasteiger partial charge in [0.1, 0.15) is 11.5 Å². The second kappa shape index (κ2) is 14.0. The van der Waals surface area contributed by atoms with Crippen LogP contribution in [0, 0.1) is 12.7 Å². The fourth-order valence-electron chi connectivity index (χ4n) is 3.61. The average molecular weight is 609 g/mol. The van der Waals surface area contributed by atoms with Gasteiger partial charge in [-0.15, -0.1) is 11.8 Å². The van der Waals surface area contributed by atoms with E-state index in [-0.39, 0.29) is 27.9 Å². The number of carbonyl (C=O) groups excluding carboxylic acids is 3. The summed E-state index contributed by atoms with van der Waals surface area (Å²) in [6.45, 7) is 1.88. The summed E-state index contributed by atoms with van der Waals surface area (Å²) in [5.41, 5.74) is 1.98. The minimum atomic E-state index is -0.690. The van der Waals surface area contributed by atoms with Gasteiger partial charge in [0, 0.05) is 32.4 Å². The molecule has 4 aromatic carbocycles. The maximum atomic E-state index is 14.5.